The molecule has 23 heavy (non-hydrogen) atoms. The fourth-order valence-electron chi connectivity index (χ4n) is 2.00. The highest BCUT2D eigenvalue weighted by molar-refractivity contribution is 5.96. The highest BCUT2D eigenvalue weighted by atomic mass is 19.4. The minimum absolute atomic E-state index is 0.00857. The van der Waals surface area contributed by atoms with Gasteiger partial charge >= 0.3 is 12.3 Å². The summed E-state index contributed by atoms with van der Waals surface area (Å²) in [6.45, 7) is 1.31. The summed E-state index contributed by atoms with van der Waals surface area (Å²) in [6.07, 6.45) is -5.12. The molecule has 0 radical (unpaired) electrons. The molecular weight excluding hydrogens is 323 g/mol. The number of benzene rings is 2. The number of hydrogen-bond acceptors (Lipinski definition) is 2. The van der Waals surface area contributed by atoms with Crippen LogP contribution in [-0.4, -0.2) is 17.4 Å². The Morgan fingerprint density at radius 3 is 2.35 bits per heavy atom. The van der Waals surface area contributed by atoms with Gasteiger partial charge in [0.1, 0.15) is 5.82 Å². The highest BCUT2D eigenvalue weighted by Gasteiger charge is 2.33. The summed E-state index contributed by atoms with van der Waals surface area (Å²) in [5, 5.41) is 9.13. The van der Waals surface area contributed by atoms with Gasteiger partial charge < -0.3 is 9.84 Å². The second kappa shape index (κ2) is 5.86. The van der Waals surface area contributed by atoms with E-state index in [1.54, 1.807) is 0 Å². The molecule has 122 valence electrons. The number of carboxylic acid groups (broad SMARTS) is 1. The van der Waals surface area contributed by atoms with Crippen molar-refractivity contribution >= 4 is 5.97 Å². The Kier molecular flexibility index (Phi) is 4.26. The van der Waals surface area contributed by atoms with Crippen molar-refractivity contribution in [3.63, 3.8) is 0 Å². The van der Waals surface area contributed by atoms with Crippen LogP contribution in [0, 0.1) is 18.6 Å². The summed E-state index contributed by atoms with van der Waals surface area (Å²) in [7, 11) is 0. The van der Waals surface area contributed by atoms with Crippen LogP contribution in [0.1, 0.15) is 15.9 Å². The third-order valence-electron chi connectivity index (χ3n) is 3.01. The average Bonchev–Trinajstić information content (AvgIpc) is 2.42. The van der Waals surface area contributed by atoms with E-state index >= 15 is 0 Å². The molecule has 0 unspecified atom stereocenters. The topological polar surface area (TPSA) is 46.5 Å². The summed E-state index contributed by atoms with van der Waals surface area (Å²) < 4.78 is 68.2. The van der Waals surface area contributed by atoms with Gasteiger partial charge in [-0.3, -0.25) is 0 Å². The first-order chi connectivity index (χ1) is 10.6. The lowest BCUT2D eigenvalue weighted by Gasteiger charge is -2.14. The molecule has 0 aromatic heterocycles. The van der Waals surface area contributed by atoms with Crippen molar-refractivity contribution in [3.8, 4) is 16.9 Å². The van der Waals surface area contributed by atoms with Gasteiger partial charge in [0, 0.05) is 11.1 Å². The zero-order valence-corrected chi connectivity index (χ0v) is 11.5. The summed E-state index contributed by atoms with van der Waals surface area (Å²) in [4.78, 5) is 11.2. The third-order valence-corrected chi connectivity index (χ3v) is 3.01. The number of alkyl halides is 3. The number of aromatic carboxylic acids is 1. The maximum Gasteiger partial charge on any atom is 0.573 e. The summed E-state index contributed by atoms with van der Waals surface area (Å²) in [6, 6.07) is 4.55. The van der Waals surface area contributed by atoms with Gasteiger partial charge in [-0.2, -0.15) is 0 Å². The van der Waals surface area contributed by atoms with Crippen LogP contribution in [0.3, 0.4) is 0 Å². The first-order valence-corrected chi connectivity index (χ1v) is 6.18. The maximum atomic E-state index is 14.2. The molecule has 0 saturated carbocycles. The van der Waals surface area contributed by atoms with Crippen LogP contribution in [0.25, 0.3) is 11.1 Å². The zero-order chi connectivity index (χ0) is 17.4. The monoisotopic (exact) mass is 332 g/mol. The third kappa shape index (κ3) is 3.58. The van der Waals surface area contributed by atoms with Crippen molar-refractivity contribution in [1.82, 2.24) is 0 Å². The van der Waals surface area contributed by atoms with Crippen LogP contribution in [-0.2, 0) is 0 Å². The smallest absolute Gasteiger partial charge is 0.478 e. The quantitative estimate of drug-likeness (QED) is 0.840. The molecule has 8 heteroatoms. The van der Waals surface area contributed by atoms with E-state index < -0.39 is 40.8 Å². The minimum atomic E-state index is -5.12. The molecule has 2 aromatic rings. The van der Waals surface area contributed by atoms with Gasteiger partial charge in [0.05, 0.1) is 5.56 Å². The molecule has 0 bridgehead atoms. The fourth-order valence-corrected chi connectivity index (χ4v) is 2.00. The highest BCUT2D eigenvalue weighted by Crippen LogP contribution is 2.34. The van der Waals surface area contributed by atoms with E-state index in [0.29, 0.717) is 0 Å². The van der Waals surface area contributed by atoms with Crippen LogP contribution in [0.15, 0.2) is 30.3 Å². The van der Waals surface area contributed by atoms with Crippen molar-refractivity contribution in [1.29, 1.82) is 0 Å². The van der Waals surface area contributed by atoms with Gasteiger partial charge in [-0.15, -0.1) is 13.2 Å². The van der Waals surface area contributed by atoms with E-state index in [4.69, 9.17) is 5.11 Å². The molecule has 0 saturated heterocycles. The number of rotatable bonds is 3. The van der Waals surface area contributed by atoms with Crippen molar-refractivity contribution in [2.45, 2.75) is 13.3 Å². The lowest BCUT2D eigenvalue weighted by Crippen LogP contribution is -2.18. The normalized spacial score (nSPS) is 11.4. The summed E-state index contributed by atoms with van der Waals surface area (Å²) >= 11 is 0. The standard InChI is InChI=1S/C15H9F5O3/c1-7-5-10(14(21)22)9(6-11(7)16)8-3-2-4-12(13(8)17)23-15(18,19)20/h2-6H,1H3,(H,21,22). The minimum Gasteiger partial charge on any atom is -0.478 e. The molecule has 0 amide bonds. The Balaban J connectivity index is 2.66. The van der Waals surface area contributed by atoms with Gasteiger partial charge in [-0.05, 0) is 30.7 Å². The molecule has 0 fully saturated rings. The molecular formula is C15H9F5O3. The molecule has 0 aliphatic rings. The second-order valence-corrected chi connectivity index (χ2v) is 4.62. The number of carboxylic acids is 1. The van der Waals surface area contributed by atoms with Crippen LogP contribution >= 0.6 is 0 Å². The van der Waals surface area contributed by atoms with Crippen molar-refractivity contribution < 1.29 is 36.6 Å². The Morgan fingerprint density at radius 2 is 1.78 bits per heavy atom. The largest absolute Gasteiger partial charge is 0.573 e. The molecule has 0 atom stereocenters. The van der Waals surface area contributed by atoms with Crippen LogP contribution in [0.2, 0.25) is 0 Å². The van der Waals surface area contributed by atoms with Crippen molar-refractivity contribution in [2.24, 2.45) is 0 Å². The van der Waals surface area contributed by atoms with E-state index in [2.05, 4.69) is 4.74 Å². The zero-order valence-electron chi connectivity index (χ0n) is 11.5. The number of carbonyl (C=O) groups is 1. The number of halogens is 5. The lowest BCUT2D eigenvalue weighted by molar-refractivity contribution is -0.275. The van der Waals surface area contributed by atoms with Crippen LogP contribution < -0.4 is 4.74 Å². The predicted molar refractivity (Wildman–Crippen MR) is 70.2 cm³/mol. The number of aryl methyl sites for hydroxylation is 1. The van der Waals surface area contributed by atoms with E-state index in [0.717, 1.165) is 30.3 Å². The Morgan fingerprint density at radius 1 is 1.13 bits per heavy atom. The van der Waals surface area contributed by atoms with Gasteiger partial charge in [0.15, 0.2) is 11.6 Å². The Bertz CT molecular complexity index is 768. The number of ether oxygens (including phenoxy) is 1. The van der Waals surface area contributed by atoms with Crippen LogP contribution in [0.4, 0.5) is 22.0 Å². The average molecular weight is 332 g/mol. The first-order valence-electron chi connectivity index (χ1n) is 6.18. The molecule has 0 spiro atoms. The van der Waals surface area contributed by atoms with Gasteiger partial charge in [0.25, 0.3) is 0 Å². The molecule has 2 rings (SSSR count). The first kappa shape index (κ1) is 16.7. The maximum absolute atomic E-state index is 14.2. The number of hydrogen-bond donors (Lipinski definition) is 1. The predicted octanol–water partition coefficient (Wildman–Crippen LogP) is 4.54. The van der Waals surface area contributed by atoms with Gasteiger partial charge in [-0.1, -0.05) is 12.1 Å². The summed E-state index contributed by atoms with van der Waals surface area (Å²) in [5.41, 5.74) is -1.32. The van der Waals surface area contributed by atoms with E-state index in [9.17, 15) is 26.7 Å². The molecule has 0 aliphatic heterocycles. The molecule has 3 nitrogen and oxygen atoms in total. The van der Waals surface area contributed by atoms with Gasteiger partial charge in [0.2, 0.25) is 0 Å². The summed E-state index contributed by atoms with van der Waals surface area (Å²) in [5.74, 6) is -4.85. The SMILES string of the molecule is Cc1cc(C(=O)O)c(-c2cccc(OC(F)(F)F)c2F)cc1F. The molecule has 0 aliphatic carbocycles. The Labute approximate surface area is 126 Å². The van der Waals surface area contributed by atoms with Gasteiger partial charge in [-0.25, -0.2) is 13.6 Å². The molecule has 2 aromatic carbocycles. The van der Waals surface area contributed by atoms with Crippen molar-refractivity contribution in [3.05, 3.63) is 53.1 Å². The molecule has 1 N–H and O–H groups in total. The van der Waals surface area contributed by atoms with E-state index in [1.165, 1.54) is 6.92 Å². The van der Waals surface area contributed by atoms with E-state index in [-0.39, 0.29) is 11.1 Å². The second-order valence-electron chi connectivity index (χ2n) is 4.62. The lowest BCUT2D eigenvalue weighted by atomic mass is 9.96. The Hall–Kier alpha value is -2.64. The van der Waals surface area contributed by atoms with Crippen LogP contribution in [0.5, 0.6) is 5.75 Å². The fraction of sp³-hybridized carbons (Fsp3) is 0.133. The van der Waals surface area contributed by atoms with E-state index in [1.807, 2.05) is 0 Å². The van der Waals surface area contributed by atoms with Crippen molar-refractivity contribution in [2.75, 3.05) is 0 Å². The molecule has 0 heterocycles.